The highest BCUT2D eigenvalue weighted by Gasteiger charge is 2.49. The largest absolute Gasteiger partial charge is 0.300 e. The van der Waals surface area contributed by atoms with Gasteiger partial charge in [-0.1, -0.05) is 420 Å². The lowest BCUT2D eigenvalue weighted by Crippen LogP contribution is -2.43. The number of hydrogen-bond donors (Lipinski definition) is 0. The van der Waals surface area contributed by atoms with E-state index in [1.807, 2.05) is 24.3 Å². The maximum Gasteiger partial charge on any atom is 0.134 e. The van der Waals surface area contributed by atoms with E-state index in [9.17, 15) is 28.8 Å². The van der Waals surface area contributed by atoms with Crippen LogP contribution in [0.4, 0.5) is 0 Å². The Kier molecular flexibility index (Phi) is 35.9. The zero-order valence-corrected chi connectivity index (χ0v) is 89.0. The molecule has 0 spiro atoms. The number of Topliss-reactive ketones (excluding diaryl/α,β-unsaturated/α-hetero) is 6. The van der Waals surface area contributed by atoms with Crippen LogP contribution in [-0.2, 0) is 28.8 Å². The molecule has 0 radical (unpaired) electrons. The zero-order chi connectivity index (χ0) is 97.4. The number of ketones is 6. The highest BCUT2D eigenvalue weighted by molar-refractivity contribution is 7.69. The summed E-state index contributed by atoms with van der Waals surface area (Å²) in [6, 6.07) is 118. The Morgan fingerprint density at radius 1 is 0.212 bits per heavy atom. The zero-order valence-electron chi connectivity index (χ0n) is 83.6. The van der Waals surface area contributed by atoms with E-state index in [4.69, 9.17) is 0 Å². The van der Waals surface area contributed by atoms with Crippen molar-refractivity contribution in [1.29, 1.82) is 0 Å². The van der Waals surface area contributed by atoms with Crippen LogP contribution in [0.1, 0.15) is 273 Å². The minimum atomic E-state index is -0.526. The van der Waals surface area contributed by atoms with Gasteiger partial charge in [0.1, 0.15) is 34.7 Å². The van der Waals surface area contributed by atoms with Crippen LogP contribution in [0.15, 0.2) is 334 Å². The molecule has 0 saturated carbocycles. The second-order valence-corrected chi connectivity index (χ2v) is 56.8. The van der Waals surface area contributed by atoms with Crippen molar-refractivity contribution < 1.29 is 28.8 Å². The Hall–Kier alpha value is -9.54. The number of carbonyl (C=O) groups is 6. The van der Waals surface area contributed by atoms with Gasteiger partial charge in [0, 0.05) is 134 Å². The molecule has 6 fully saturated rings. The molecule has 12 heteroatoms. The average molecular weight is 1920 g/mol. The molecule has 0 bridgehead atoms. The third kappa shape index (κ3) is 25.6. The fourth-order valence-electron chi connectivity index (χ4n) is 23.1. The van der Waals surface area contributed by atoms with Crippen LogP contribution in [0.5, 0.6) is 0 Å². The van der Waals surface area contributed by atoms with Crippen molar-refractivity contribution in [3.63, 3.8) is 0 Å². The predicted octanol–water partition coefficient (Wildman–Crippen LogP) is 32.9. The van der Waals surface area contributed by atoms with Crippen LogP contribution >= 0.6 is 47.5 Å². The number of rotatable bonds is 13. The summed E-state index contributed by atoms with van der Waals surface area (Å²) < 4.78 is 0. The second-order valence-electron chi connectivity index (χ2n) is 40.3. The van der Waals surface area contributed by atoms with E-state index in [0.29, 0.717) is 118 Å². The van der Waals surface area contributed by atoms with Crippen molar-refractivity contribution in [3.05, 3.63) is 445 Å². The molecule has 137 heavy (non-hydrogen) atoms. The molecular weight excluding hydrogens is 1780 g/mol. The molecular formula is C125H140O6P6. The minimum Gasteiger partial charge on any atom is -0.300 e. The van der Waals surface area contributed by atoms with Crippen molar-refractivity contribution in [3.8, 4) is 0 Å². The lowest BCUT2D eigenvalue weighted by atomic mass is 9.91. The lowest BCUT2D eigenvalue weighted by Gasteiger charge is -2.49. The first-order valence-corrected chi connectivity index (χ1v) is 59.3. The Bertz CT molecular complexity index is 5930. The molecule has 6 saturated heterocycles. The summed E-state index contributed by atoms with van der Waals surface area (Å²) >= 11 is 0. The SMILES string of the molecule is CC1(C)CC(=O)CC(C)(C)P1c1ccccc1.CP1C(c2ccccc2)CC(=O)CC1c1ccccc1.Cc1cc(C)c(C2CC(=O)CC(c3c(C)cc(C)cc3C)P2C)c(C)c1.Cc1ccccc1C1CC(=O)CC(c2ccccc2C)P1C.Cc1ccccc1C1CC(=O)CC(c2ccccc2C)P1c1ccccc1.O=C1CC(c2ccccc2)P(c2ccccc2)C(c2ccccc2)C1. The van der Waals surface area contributed by atoms with E-state index in [1.165, 1.54) is 127 Å². The predicted molar refractivity (Wildman–Crippen MR) is 590 cm³/mol. The molecule has 6 aliphatic rings. The highest BCUT2D eigenvalue weighted by atomic mass is 31.1. The van der Waals surface area contributed by atoms with Gasteiger partial charge in [-0.15, -0.1) is 0 Å². The topological polar surface area (TPSA) is 102 Å². The van der Waals surface area contributed by atoms with E-state index in [2.05, 4.69) is 426 Å². The normalized spacial score (nSPS) is 24.0. The molecule has 13 aromatic carbocycles. The van der Waals surface area contributed by atoms with Crippen molar-refractivity contribution in [1.82, 2.24) is 0 Å². The van der Waals surface area contributed by atoms with Crippen LogP contribution in [-0.4, -0.2) is 65.0 Å². The lowest BCUT2D eigenvalue weighted by molar-refractivity contribution is -0.121. The standard InChI is InChI=1S/C25H25OP.C24H31OP.C23H21OP.C20H23OP.C18H19OP.C15H21OP/c1-18-10-6-8-14-22(18)24-16-20(26)17-25(23-15-9-7-11-19(23)2)27(24)21-12-4-3-5-13-21;1-14-8-16(3)23(17(4)9-14)21-12-20(25)13-22(26(21)7)24-18(5)10-15(2)11-19(24)6;24-20-16-22(18-10-4-1-5-11-18)25(21-14-8-3-9-15-21)23(17-20)19-12-6-2-7-13-19;1-14-8-4-6-10-17(14)19-12-16(21)13-20(22(19)3)18-11-7-5-9-15(18)2;1-20-17(14-8-4-2-5-9-14)12-16(19)13-18(20)15-10-6-3-7-11-15;1-14(2)10-12(16)11-15(3,4)17(14)13-8-6-5-7-9-13/h3-15,24-25H,16-17H2,1-2H3;8-11,21-22H,12-13H2,1-7H3;1-15,22-23H,16-17H2;4-11,19-20H,12-13H2,1-3H3;2-11,17-18H,12-13H2,1H3;5-9H,10-11H2,1-4H3. The van der Waals surface area contributed by atoms with Gasteiger partial charge in [-0.05, 0) is 216 Å². The number of carbonyl (C=O) groups excluding carboxylic acids is 6. The summed E-state index contributed by atoms with van der Waals surface area (Å²) in [5, 5.41) is 4.48. The molecule has 0 N–H and O–H groups in total. The quantitative estimate of drug-likeness (QED) is 0.107. The first-order chi connectivity index (χ1) is 65.8. The van der Waals surface area contributed by atoms with Gasteiger partial charge in [0.05, 0.1) is 0 Å². The van der Waals surface area contributed by atoms with E-state index in [0.717, 1.165) is 38.5 Å². The monoisotopic (exact) mass is 1920 g/mol. The molecule has 6 nitrogen and oxygen atoms in total. The first kappa shape index (κ1) is 103. The fraction of sp³-hybridized carbons (Fsp3) is 0.328. The average Bonchev–Trinajstić information content (AvgIpc) is 0.767. The van der Waals surface area contributed by atoms with Crippen molar-refractivity contribution in [2.24, 2.45) is 0 Å². The van der Waals surface area contributed by atoms with Crippen LogP contribution in [0.3, 0.4) is 0 Å². The maximum absolute atomic E-state index is 12.8. The van der Waals surface area contributed by atoms with Crippen LogP contribution < -0.4 is 15.9 Å². The third-order valence-electron chi connectivity index (χ3n) is 29.2. The van der Waals surface area contributed by atoms with Crippen LogP contribution in [0.25, 0.3) is 0 Å². The van der Waals surface area contributed by atoms with Gasteiger partial charge >= 0.3 is 0 Å². The number of hydrogen-bond acceptors (Lipinski definition) is 6. The Labute approximate surface area is 826 Å². The minimum absolute atomic E-state index is 0.121. The van der Waals surface area contributed by atoms with E-state index < -0.39 is 15.8 Å². The smallest absolute Gasteiger partial charge is 0.134 e. The molecule has 0 aliphatic carbocycles. The second kappa shape index (κ2) is 47.6. The van der Waals surface area contributed by atoms with Gasteiger partial charge in [0.2, 0.25) is 0 Å². The summed E-state index contributed by atoms with van der Waals surface area (Å²) in [7, 11) is -2.09. The van der Waals surface area contributed by atoms with E-state index in [1.54, 1.807) is 0 Å². The molecule has 706 valence electrons. The molecule has 19 rings (SSSR count). The van der Waals surface area contributed by atoms with E-state index in [-0.39, 0.29) is 53.3 Å². The molecule has 6 aliphatic heterocycles. The molecule has 6 heterocycles. The highest BCUT2D eigenvalue weighted by Crippen LogP contribution is 2.71. The first-order valence-electron chi connectivity index (χ1n) is 49.2. The fourth-order valence-corrected chi connectivity index (χ4v) is 43.1. The third-order valence-corrected chi connectivity index (χ3v) is 47.7. The maximum atomic E-state index is 12.8. The summed E-state index contributed by atoms with van der Waals surface area (Å²) in [6.45, 7) is 38.1. The summed E-state index contributed by atoms with van der Waals surface area (Å²) in [6.07, 6.45) is 8.41. The number of benzene rings is 13. The molecule has 0 amide bonds. The Morgan fingerprint density at radius 2 is 0.416 bits per heavy atom. The van der Waals surface area contributed by atoms with Crippen LogP contribution in [0.2, 0.25) is 0 Å². The van der Waals surface area contributed by atoms with Crippen molar-refractivity contribution in [2.45, 2.75) is 241 Å². The van der Waals surface area contributed by atoms with Gasteiger partial charge in [0.25, 0.3) is 0 Å². The van der Waals surface area contributed by atoms with Gasteiger partial charge in [0.15, 0.2) is 0 Å². The van der Waals surface area contributed by atoms with E-state index >= 15 is 0 Å². The van der Waals surface area contributed by atoms with Crippen molar-refractivity contribution >= 4 is 98.1 Å². The molecule has 0 aromatic heterocycles. The van der Waals surface area contributed by atoms with Crippen molar-refractivity contribution in [2.75, 3.05) is 20.0 Å². The Morgan fingerprint density at radius 3 is 0.708 bits per heavy atom. The molecule has 10 atom stereocenters. The molecule has 10 unspecified atom stereocenters. The Balaban J connectivity index is 0.000000132. The van der Waals surface area contributed by atoms with Gasteiger partial charge in [-0.25, -0.2) is 0 Å². The summed E-state index contributed by atoms with van der Waals surface area (Å²) in [5.41, 5.74) is 30.4. The van der Waals surface area contributed by atoms with Gasteiger partial charge in [-0.2, -0.15) is 0 Å². The number of aryl methyl sites for hydroxylation is 10. The summed E-state index contributed by atoms with van der Waals surface area (Å²) in [5.74, 6) is 2.47. The van der Waals surface area contributed by atoms with Gasteiger partial charge in [-0.3, -0.25) is 28.8 Å². The van der Waals surface area contributed by atoms with Gasteiger partial charge < -0.3 is 0 Å². The molecule has 13 aromatic rings. The van der Waals surface area contributed by atoms with Crippen LogP contribution in [0, 0.1) is 69.2 Å². The summed E-state index contributed by atoms with van der Waals surface area (Å²) in [4.78, 5) is 74.7.